The molecule has 1 aliphatic heterocycles. The van der Waals surface area contributed by atoms with E-state index in [-0.39, 0.29) is 5.54 Å². The molecule has 1 heteroatoms. The predicted octanol–water partition coefficient (Wildman–Crippen LogP) is 3.87. The largest absolute Gasteiger partial charge is 0.290 e. The summed E-state index contributed by atoms with van der Waals surface area (Å²) < 4.78 is 0. The zero-order valence-electron chi connectivity index (χ0n) is 11.1. The first-order valence-electron chi connectivity index (χ1n) is 6.14. The molecule has 1 heterocycles. The lowest BCUT2D eigenvalue weighted by Gasteiger charge is -2.60. The number of hydrogen-bond acceptors (Lipinski definition) is 1. The Morgan fingerprint density at radius 1 is 1.12 bits per heavy atom. The first kappa shape index (κ1) is 11.7. The van der Waals surface area contributed by atoms with Crippen LogP contribution in [0.15, 0.2) is 30.3 Å². The van der Waals surface area contributed by atoms with Gasteiger partial charge in [0.25, 0.3) is 0 Å². The van der Waals surface area contributed by atoms with E-state index in [1.54, 1.807) is 0 Å². The van der Waals surface area contributed by atoms with E-state index < -0.39 is 0 Å². The summed E-state index contributed by atoms with van der Waals surface area (Å²) in [7, 11) is 0. The third kappa shape index (κ3) is 1.89. The van der Waals surface area contributed by atoms with Gasteiger partial charge in [0.15, 0.2) is 0 Å². The fourth-order valence-corrected chi connectivity index (χ4v) is 2.82. The third-order valence-electron chi connectivity index (χ3n) is 3.61. The van der Waals surface area contributed by atoms with Gasteiger partial charge in [-0.3, -0.25) is 4.90 Å². The van der Waals surface area contributed by atoms with Crippen molar-refractivity contribution in [2.45, 2.75) is 46.2 Å². The maximum Gasteiger partial charge on any atom is 0.0416 e. The van der Waals surface area contributed by atoms with Crippen LogP contribution in [0.5, 0.6) is 0 Å². The summed E-state index contributed by atoms with van der Waals surface area (Å²) in [6.07, 6.45) is 0. The first-order valence-corrected chi connectivity index (χ1v) is 6.14. The van der Waals surface area contributed by atoms with Gasteiger partial charge in [-0.15, -0.1) is 0 Å². The Morgan fingerprint density at radius 2 is 1.69 bits per heavy atom. The highest BCUT2D eigenvalue weighted by molar-refractivity contribution is 5.25. The lowest BCUT2D eigenvalue weighted by atomic mass is 9.69. The summed E-state index contributed by atoms with van der Waals surface area (Å²) in [6, 6.07) is 11.5. The Kier molecular flexibility index (Phi) is 2.62. The molecule has 1 fully saturated rings. The molecule has 0 radical (unpaired) electrons. The van der Waals surface area contributed by atoms with E-state index in [4.69, 9.17) is 0 Å². The van der Waals surface area contributed by atoms with Crippen LogP contribution in [0.4, 0.5) is 0 Å². The minimum atomic E-state index is 0.260. The van der Waals surface area contributed by atoms with Gasteiger partial charge in [-0.2, -0.15) is 0 Å². The number of nitrogens with zero attached hydrogens (tertiary/aromatic N) is 1. The highest BCUT2D eigenvalue weighted by Crippen LogP contribution is 2.51. The van der Waals surface area contributed by atoms with Crippen molar-refractivity contribution in [1.29, 1.82) is 0 Å². The molecule has 0 aliphatic carbocycles. The second kappa shape index (κ2) is 3.59. The van der Waals surface area contributed by atoms with Gasteiger partial charge in [-0.25, -0.2) is 0 Å². The molecule has 0 amide bonds. The van der Waals surface area contributed by atoms with Crippen molar-refractivity contribution in [3.63, 3.8) is 0 Å². The van der Waals surface area contributed by atoms with E-state index in [1.807, 2.05) is 0 Å². The molecular weight excluding hydrogens is 194 g/mol. The average molecular weight is 217 g/mol. The molecule has 0 bridgehead atoms. The normalized spacial score (nSPS) is 25.2. The van der Waals surface area contributed by atoms with Gasteiger partial charge in [0, 0.05) is 18.1 Å². The van der Waals surface area contributed by atoms with Crippen molar-refractivity contribution in [1.82, 2.24) is 4.90 Å². The molecule has 0 N–H and O–H groups in total. The highest BCUT2D eigenvalue weighted by atomic mass is 15.3. The number of benzene rings is 1. The van der Waals surface area contributed by atoms with E-state index in [2.05, 4.69) is 69.9 Å². The van der Waals surface area contributed by atoms with Crippen LogP contribution >= 0.6 is 0 Å². The van der Waals surface area contributed by atoms with E-state index in [9.17, 15) is 0 Å². The van der Waals surface area contributed by atoms with Gasteiger partial charge >= 0.3 is 0 Å². The van der Waals surface area contributed by atoms with Gasteiger partial charge in [0.2, 0.25) is 0 Å². The van der Waals surface area contributed by atoms with Crippen molar-refractivity contribution < 1.29 is 0 Å². The fraction of sp³-hybridized carbons (Fsp3) is 0.600. The quantitative estimate of drug-likeness (QED) is 0.690. The Bertz CT molecular complexity index is 359. The van der Waals surface area contributed by atoms with Crippen LogP contribution in [-0.4, -0.2) is 17.0 Å². The second-order valence-electron chi connectivity index (χ2n) is 6.60. The van der Waals surface area contributed by atoms with Gasteiger partial charge in [-0.1, -0.05) is 44.2 Å². The first-order chi connectivity index (χ1) is 7.32. The molecule has 1 saturated heterocycles. The van der Waals surface area contributed by atoms with Gasteiger partial charge in [-0.05, 0) is 31.7 Å². The zero-order valence-corrected chi connectivity index (χ0v) is 11.1. The topological polar surface area (TPSA) is 3.24 Å². The summed E-state index contributed by atoms with van der Waals surface area (Å²) in [5.41, 5.74) is 2.11. The number of hydrogen-bond donors (Lipinski definition) is 0. The molecule has 16 heavy (non-hydrogen) atoms. The second-order valence-corrected chi connectivity index (χ2v) is 6.60. The molecule has 1 nitrogen and oxygen atoms in total. The van der Waals surface area contributed by atoms with E-state index >= 15 is 0 Å². The van der Waals surface area contributed by atoms with Crippen LogP contribution in [0.2, 0.25) is 0 Å². The SMILES string of the molecule is CC1(C)CN(C(C)(C)C)C1c1ccccc1. The van der Waals surface area contributed by atoms with Crippen LogP contribution in [0, 0.1) is 5.41 Å². The van der Waals surface area contributed by atoms with E-state index in [0.717, 1.165) is 0 Å². The number of likely N-dealkylation sites (tertiary alicyclic amines) is 1. The van der Waals surface area contributed by atoms with Crippen LogP contribution in [-0.2, 0) is 0 Å². The highest BCUT2D eigenvalue weighted by Gasteiger charge is 2.50. The molecule has 1 unspecified atom stereocenters. The van der Waals surface area contributed by atoms with Crippen molar-refractivity contribution in [2.75, 3.05) is 6.54 Å². The molecular formula is C15H23N. The lowest BCUT2D eigenvalue weighted by Crippen LogP contribution is -2.62. The third-order valence-corrected chi connectivity index (χ3v) is 3.61. The fourth-order valence-electron chi connectivity index (χ4n) is 2.82. The van der Waals surface area contributed by atoms with E-state index in [1.165, 1.54) is 12.1 Å². The van der Waals surface area contributed by atoms with Gasteiger partial charge in [0.05, 0.1) is 0 Å². The predicted molar refractivity (Wildman–Crippen MR) is 69.4 cm³/mol. The molecule has 1 atom stereocenters. The van der Waals surface area contributed by atoms with Crippen molar-refractivity contribution in [3.05, 3.63) is 35.9 Å². The minimum absolute atomic E-state index is 0.260. The monoisotopic (exact) mass is 217 g/mol. The van der Waals surface area contributed by atoms with E-state index in [0.29, 0.717) is 11.5 Å². The summed E-state index contributed by atoms with van der Waals surface area (Å²) in [5.74, 6) is 0. The lowest BCUT2D eigenvalue weighted by molar-refractivity contribution is -0.108. The Hall–Kier alpha value is -0.820. The molecule has 88 valence electrons. The molecule has 0 spiro atoms. The molecule has 0 aromatic heterocycles. The Morgan fingerprint density at radius 3 is 2.12 bits per heavy atom. The maximum absolute atomic E-state index is 2.60. The summed E-state index contributed by atoms with van der Waals surface area (Å²) in [4.78, 5) is 2.60. The zero-order chi connectivity index (χ0) is 12.0. The van der Waals surface area contributed by atoms with Gasteiger partial charge in [0.1, 0.15) is 0 Å². The number of rotatable bonds is 1. The maximum atomic E-state index is 2.60. The van der Waals surface area contributed by atoms with Crippen molar-refractivity contribution in [3.8, 4) is 0 Å². The average Bonchev–Trinajstić information content (AvgIpc) is 2.15. The molecule has 2 rings (SSSR count). The standard InChI is InChI=1S/C15H23N/c1-14(2,3)16-11-15(4,5)13(16)12-9-7-6-8-10-12/h6-10,13H,11H2,1-5H3. The summed E-state index contributed by atoms with van der Waals surface area (Å²) >= 11 is 0. The van der Waals surface area contributed by atoms with Crippen LogP contribution in [0.25, 0.3) is 0 Å². The smallest absolute Gasteiger partial charge is 0.0416 e. The van der Waals surface area contributed by atoms with Crippen molar-refractivity contribution in [2.24, 2.45) is 5.41 Å². The Balaban J connectivity index is 2.30. The summed E-state index contributed by atoms with van der Waals surface area (Å²) in [5, 5.41) is 0. The van der Waals surface area contributed by atoms with Crippen LogP contribution < -0.4 is 0 Å². The molecule has 1 aromatic carbocycles. The Labute approximate surface area is 99.5 Å². The summed E-state index contributed by atoms with van der Waals surface area (Å²) in [6.45, 7) is 12.8. The molecule has 1 aromatic rings. The minimum Gasteiger partial charge on any atom is -0.290 e. The van der Waals surface area contributed by atoms with Crippen LogP contribution in [0.1, 0.15) is 46.2 Å². The van der Waals surface area contributed by atoms with Crippen LogP contribution in [0.3, 0.4) is 0 Å². The van der Waals surface area contributed by atoms with Gasteiger partial charge < -0.3 is 0 Å². The molecule has 1 aliphatic rings. The van der Waals surface area contributed by atoms with Crippen molar-refractivity contribution >= 4 is 0 Å². The molecule has 0 saturated carbocycles.